The van der Waals surface area contributed by atoms with Crippen LogP contribution < -0.4 is 10.9 Å². The molecule has 1 fully saturated rings. The number of rotatable bonds is 8. The van der Waals surface area contributed by atoms with Gasteiger partial charge in [0, 0.05) is 63.2 Å². The number of carbonyl (C=O) groups is 2. The minimum absolute atomic E-state index is 0.0124. The molecule has 2 heterocycles. The van der Waals surface area contributed by atoms with Gasteiger partial charge in [-0.05, 0) is 28.4 Å². The summed E-state index contributed by atoms with van der Waals surface area (Å²) in [6, 6.07) is 3.09. The van der Waals surface area contributed by atoms with Crippen molar-refractivity contribution in [2.75, 3.05) is 53.0 Å². The fourth-order valence-corrected chi connectivity index (χ4v) is 3.11. The molecule has 2 amide bonds. The van der Waals surface area contributed by atoms with Gasteiger partial charge in [0.2, 0.25) is 11.8 Å². The van der Waals surface area contributed by atoms with E-state index in [0.29, 0.717) is 45.9 Å². The SMILES string of the molecule is COCCCNC(=O)CN1CCN(C(=O)Cn2cc(Br)ccc2=O)CC1. The summed E-state index contributed by atoms with van der Waals surface area (Å²) in [5, 5.41) is 2.86. The molecule has 144 valence electrons. The maximum Gasteiger partial charge on any atom is 0.251 e. The lowest BCUT2D eigenvalue weighted by molar-refractivity contribution is -0.134. The fourth-order valence-electron chi connectivity index (χ4n) is 2.73. The second-order valence-corrected chi connectivity index (χ2v) is 7.08. The van der Waals surface area contributed by atoms with Crippen LogP contribution in [0.15, 0.2) is 27.6 Å². The molecule has 1 saturated heterocycles. The summed E-state index contributed by atoms with van der Waals surface area (Å²) >= 11 is 3.30. The van der Waals surface area contributed by atoms with Gasteiger partial charge in [-0.3, -0.25) is 19.3 Å². The zero-order chi connectivity index (χ0) is 18.9. The molecule has 8 nitrogen and oxygen atoms in total. The van der Waals surface area contributed by atoms with E-state index in [1.165, 1.54) is 10.6 Å². The third-order valence-electron chi connectivity index (χ3n) is 4.19. The highest BCUT2D eigenvalue weighted by molar-refractivity contribution is 9.10. The largest absolute Gasteiger partial charge is 0.385 e. The number of amides is 2. The molecule has 2 rings (SSSR count). The summed E-state index contributed by atoms with van der Waals surface area (Å²) in [6.45, 7) is 3.99. The van der Waals surface area contributed by atoms with E-state index in [9.17, 15) is 14.4 Å². The van der Waals surface area contributed by atoms with Crippen molar-refractivity contribution in [3.63, 3.8) is 0 Å². The summed E-state index contributed by atoms with van der Waals surface area (Å²) in [4.78, 5) is 39.9. The molecule has 1 N–H and O–H groups in total. The Labute approximate surface area is 161 Å². The average molecular weight is 429 g/mol. The first kappa shape index (κ1) is 20.6. The van der Waals surface area contributed by atoms with Crippen LogP contribution in [-0.2, 0) is 20.9 Å². The van der Waals surface area contributed by atoms with Crippen LogP contribution in [-0.4, -0.2) is 79.2 Å². The number of hydrogen-bond donors (Lipinski definition) is 1. The van der Waals surface area contributed by atoms with Gasteiger partial charge in [-0.2, -0.15) is 0 Å². The van der Waals surface area contributed by atoms with Crippen molar-refractivity contribution in [1.29, 1.82) is 0 Å². The van der Waals surface area contributed by atoms with Gasteiger partial charge in [-0.15, -0.1) is 0 Å². The summed E-state index contributed by atoms with van der Waals surface area (Å²) in [7, 11) is 1.63. The van der Waals surface area contributed by atoms with Crippen LogP contribution in [0.2, 0.25) is 0 Å². The van der Waals surface area contributed by atoms with E-state index in [1.807, 2.05) is 4.90 Å². The number of nitrogens with one attached hydrogen (secondary N) is 1. The summed E-state index contributed by atoms with van der Waals surface area (Å²) in [6.07, 6.45) is 2.41. The van der Waals surface area contributed by atoms with Gasteiger partial charge in [0.15, 0.2) is 0 Å². The van der Waals surface area contributed by atoms with Gasteiger partial charge in [0.25, 0.3) is 5.56 Å². The van der Waals surface area contributed by atoms with Crippen LogP contribution in [0.4, 0.5) is 0 Å². The van der Waals surface area contributed by atoms with Crippen LogP contribution in [0.1, 0.15) is 6.42 Å². The van der Waals surface area contributed by atoms with Gasteiger partial charge in [0.1, 0.15) is 6.54 Å². The van der Waals surface area contributed by atoms with E-state index >= 15 is 0 Å². The number of piperazine rings is 1. The molecule has 1 aliphatic rings. The Hall–Kier alpha value is -1.71. The number of ether oxygens (including phenoxy) is 1. The number of aromatic nitrogens is 1. The molecule has 1 aromatic heterocycles. The number of carbonyl (C=O) groups excluding carboxylic acids is 2. The molecule has 1 aliphatic heterocycles. The highest BCUT2D eigenvalue weighted by atomic mass is 79.9. The molecule has 0 aliphatic carbocycles. The van der Waals surface area contributed by atoms with E-state index in [1.54, 1.807) is 24.3 Å². The van der Waals surface area contributed by atoms with Crippen molar-refractivity contribution in [1.82, 2.24) is 19.7 Å². The first-order valence-electron chi connectivity index (χ1n) is 8.61. The third kappa shape index (κ3) is 6.54. The second kappa shape index (κ2) is 10.4. The summed E-state index contributed by atoms with van der Waals surface area (Å²) in [5.41, 5.74) is -0.203. The first-order valence-corrected chi connectivity index (χ1v) is 9.40. The van der Waals surface area contributed by atoms with Gasteiger partial charge in [-0.25, -0.2) is 0 Å². The predicted molar refractivity (Wildman–Crippen MR) is 101 cm³/mol. The third-order valence-corrected chi connectivity index (χ3v) is 4.66. The average Bonchev–Trinajstić information content (AvgIpc) is 2.62. The Morgan fingerprint density at radius 3 is 2.62 bits per heavy atom. The molecule has 0 unspecified atom stereocenters. The molecule has 26 heavy (non-hydrogen) atoms. The zero-order valence-corrected chi connectivity index (χ0v) is 16.5. The van der Waals surface area contributed by atoms with E-state index < -0.39 is 0 Å². The van der Waals surface area contributed by atoms with Gasteiger partial charge in [0.05, 0.1) is 6.54 Å². The highest BCUT2D eigenvalue weighted by Crippen LogP contribution is 2.06. The lowest BCUT2D eigenvalue weighted by Gasteiger charge is -2.34. The molecule has 0 spiro atoms. The molecule has 0 aromatic carbocycles. The fraction of sp³-hybridized carbons (Fsp3) is 0.588. The Balaban J connectivity index is 1.73. The normalized spacial score (nSPS) is 15.1. The highest BCUT2D eigenvalue weighted by Gasteiger charge is 2.22. The lowest BCUT2D eigenvalue weighted by Crippen LogP contribution is -2.52. The lowest BCUT2D eigenvalue weighted by atomic mass is 10.3. The Morgan fingerprint density at radius 1 is 1.19 bits per heavy atom. The van der Waals surface area contributed by atoms with Crippen molar-refractivity contribution in [3.05, 3.63) is 33.2 Å². The topological polar surface area (TPSA) is 83.9 Å². The van der Waals surface area contributed by atoms with Crippen molar-refractivity contribution in [3.8, 4) is 0 Å². The van der Waals surface area contributed by atoms with Gasteiger partial charge in [-0.1, -0.05) is 0 Å². The zero-order valence-electron chi connectivity index (χ0n) is 14.9. The molecule has 0 radical (unpaired) electrons. The quantitative estimate of drug-likeness (QED) is 0.584. The minimum atomic E-state index is -0.203. The Bertz CT molecular complexity index is 671. The summed E-state index contributed by atoms with van der Waals surface area (Å²) < 4.78 is 7.09. The number of pyridine rings is 1. The first-order chi connectivity index (χ1) is 12.5. The number of nitrogens with zero attached hydrogens (tertiary/aromatic N) is 3. The summed E-state index contributed by atoms with van der Waals surface area (Å²) in [5.74, 6) is -0.101. The number of halogens is 1. The minimum Gasteiger partial charge on any atom is -0.385 e. The maximum absolute atomic E-state index is 12.4. The maximum atomic E-state index is 12.4. The van der Waals surface area contributed by atoms with E-state index in [0.717, 1.165) is 10.9 Å². The predicted octanol–water partition coefficient (Wildman–Crippen LogP) is -0.0923. The molecule has 9 heteroatoms. The molecule has 1 aromatic rings. The molecule has 0 atom stereocenters. The monoisotopic (exact) mass is 428 g/mol. The second-order valence-electron chi connectivity index (χ2n) is 6.17. The van der Waals surface area contributed by atoms with Crippen LogP contribution in [0.25, 0.3) is 0 Å². The van der Waals surface area contributed by atoms with Gasteiger partial charge < -0.3 is 19.5 Å². The smallest absolute Gasteiger partial charge is 0.251 e. The van der Waals surface area contributed by atoms with Crippen LogP contribution in [0.5, 0.6) is 0 Å². The van der Waals surface area contributed by atoms with Crippen LogP contribution >= 0.6 is 15.9 Å². The number of methoxy groups -OCH3 is 1. The van der Waals surface area contributed by atoms with Crippen molar-refractivity contribution < 1.29 is 14.3 Å². The van der Waals surface area contributed by atoms with Crippen molar-refractivity contribution in [2.24, 2.45) is 0 Å². The number of hydrogen-bond acceptors (Lipinski definition) is 5. The van der Waals surface area contributed by atoms with E-state index in [-0.39, 0.29) is 23.9 Å². The molecule has 0 saturated carbocycles. The molecular weight excluding hydrogens is 404 g/mol. The van der Waals surface area contributed by atoms with Crippen molar-refractivity contribution >= 4 is 27.7 Å². The standard InChI is InChI=1S/C17H25BrN4O4/c1-26-10-2-5-19-15(23)12-20-6-8-21(9-7-20)17(25)13-22-11-14(18)3-4-16(22)24/h3-4,11H,2,5-10,12-13H2,1H3,(H,19,23). The van der Waals surface area contributed by atoms with Crippen LogP contribution in [0.3, 0.4) is 0 Å². The molecule has 0 bridgehead atoms. The van der Waals surface area contributed by atoms with Crippen LogP contribution in [0, 0.1) is 0 Å². The Morgan fingerprint density at radius 2 is 1.92 bits per heavy atom. The molecular formula is C17H25BrN4O4. The van der Waals surface area contributed by atoms with Gasteiger partial charge >= 0.3 is 0 Å². The Kier molecular flexibility index (Phi) is 8.27. The van der Waals surface area contributed by atoms with Crippen molar-refractivity contribution in [2.45, 2.75) is 13.0 Å². The van der Waals surface area contributed by atoms with E-state index in [4.69, 9.17) is 4.74 Å². The van der Waals surface area contributed by atoms with E-state index in [2.05, 4.69) is 21.2 Å².